The van der Waals surface area contributed by atoms with Crippen molar-refractivity contribution in [3.8, 4) is 11.8 Å². The van der Waals surface area contributed by atoms with Gasteiger partial charge in [0.1, 0.15) is 0 Å². The summed E-state index contributed by atoms with van der Waals surface area (Å²) in [5, 5.41) is 6.77. The molecule has 0 unspecified atom stereocenters. The Morgan fingerprint density at radius 2 is 1.70 bits per heavy atom. The molecule has 0 atom stereocenters. The van der Waals surface area contributed by atoms with E-state index in [0.29, 0.717) is 17.8 Å². The second-order valence-electron chi connectivity index (χ2n) is 6.57. The Bertz CT molecular complexity index is 749. The van der Waals surface area contributed by atoms with Crippen molar-refractivity contribution >= 4 is 11.6 Å². The van der Waals surface area contributed by atoms with Crippen LogP contribution in [-0.4, -0.2) is 22.8 Å². The van der Waals surface area contributed by atoms with Crippen LogP contribution in [0.4, 0.5) is 5.69 Å². The summed E-state index contributed by atoms with van der Waals surface area (Å²) < 4.78 is 10.7. The molecule has 7 heteroatoms. The molecule has 7 nitrogen and oxygen atoms in total. The van der Waals surface area contributed by atoms with Gasteiger partial charge in [-0.15, -0.1) is 0 Å². The quantitative estimate of drug-likeness (QED) is 0.559. The maximum Gasteiger partial charge on any atom is 0.444 e. The second kappa shape index (κ2) is 11.2. The number of ether oxygens (including phenoxy) is 1. The lowest BCUT2D eigenvalue weighted by Crippen LogP contribution is -2.14. The normalized spacial score (nSPS) is 10.7. The summed E-state index contributed by atoms with van der Waals surface area (Å²) >= 11 is 0. The zero-order chi connectivity index (χ0) is 19.5. The van der Waals surface area contributed by atoms with Crippen molar-refractivity contribution in [1.29, 1.82) is 0 Å². The number of carbonyl (C=O) groups is 1. The molecule has 1 aromatic carbocycles. The van der Waals surface area contributed by atoms with E-state index in [2.05, 4.69) is 17.3 Å². The van der Waals surface area contributed by atoms with E-state index in [0.717, 1.165) is 17.5 Å². The van der Waals surface area contributed by atoms with Crippen molar-refractivity contribution in [2.45, 2.75) is 64.7 Å². The minimum Gasteiger partial charge on any atom is -0.452 e. The standard InChI is InChI=1S/C20H29N3O4/c1-3-4-5-6-7-8-9-10-11-18(24)21-16-12-14-17(15-13-16)23-20(25)27-19(22-23)26-2/h12-15H,3-11H2,1-2H3,(H,21,24). The first-order valence-electron chi connectivity index (χ1n) is 9.68. The summed E-state index contributed by atoms with van der Waals surface area (Å²) in [4.78, 5) is 23.7. The number of carbonyl (C=O) groups excluding carboxylic acids is 1. The largest absolute Gasteiger partial charge is 0.452 e. The first-order chi connectivity index (χ1) is 13.1. The van der Waals surface area contributed by atoms with Crippen LogP contribution in [0.3, 0.4) is 0 Å². The van der Waals surface area contributed by atoms with Crippen LogP contribution in [0, 0.1) is 0 Å². The van der Waals surface area contributed by atoms with Gasteiger partial charge in [0.25, 0.3) is 0 Å². The third-order valence-electron chi connectivity index (χ3n) is 4.36. The number of amides is 1. The second-order valence-corrected chi connectivity index (χ2v) is 6.57. The molecule has 148 valence electrons. The first-order valence-corrected chi connectivity index (χ1v) is 9.68. The van der Waals surface area contributed by atoms with Crippen molar-refractivity contribution in [2.75, 3.05) is 12.4 Å². The van der Waals surface area contributed by atoms with Crippen LogP contribution in [0.15, 0.2) is 33.5 Å². The Labute approximate surface area is 159 Å². The monoisotopic (exact) mass is 375 g/mol. The summed E-state index contributed by atoms with van der Waals surface area (Å²) in [7, 11) is 1.38. The number of rotatable bonds is 12. The van der Waals surface area contributed by atoms with Crippen molar-refractivity contribution in [1.82, 2.24) is 9.78 Å². The highest BCUT2D eigenvalue weighted by Gasteiger charge is 2.10. The van der Waals surface area contributed by atoms with Gasteiger partial charge in [-0.1, -0.05) is 57.0 Å². The molecule has 1 amide bonds. The molecule has 2 rings (SSSR count). The number of unbranched alkanes of at least 4 members (excludes halogenated alkanes) is 7. The Morgan fingerprint density at radius 3 is 2.30 bits per heavy atom. The van der Waals surface area contributed by atoms with Gasteiger partial charge in [0.15, 0.2) is 0 Å². The SMILES string of the molecule is CCCCCCCCCCC(=O)Nc1ccc(-n2nc(OC)oc2=O)cc1. The van der Waals surface area contributed by atoms with Gasteiger partial charge in [-0.3, -0.25) is 4.79 Å². The van der Waals surface area contributed by atoms with Gasteiger partial charge in [0.05, 0.1) is 12.8 Å². The van der Waals surface area contributed by atoms with Crippen LogP contribution < -0.4 is 15.8 Å². The first kappa shape index (κ1) is 20.7. The summed E-state index contributed by atoms with van der Waals surface area (Å²) in [6.45, 7) is 2.22. The number of hydrogen-bond donors (Lipinski definition) is 1. The zero-order valence-corrected chi connectivity index (χ0v) is 16.2. The molecule has 27 heavy (non-hydrogen) atoms. The van der Waals surface area contributed by atoms with Crippen LogP contribution >= 0.6 is 0 Å². The van der Waals surface area contributed by atoms with E-state index in [-0.39, 0.29) is 12.0 Å². The van der Waals surface area contributed by atoms with Gasteiger partial charge in [-0.25, -0.2) is 4.79 Å². The highest BCUT2D eigenvalue weighted by Crippen LogP contribution is 2.14. The lowest BCUT2D eigenvalue weighted by Gasteiger charge is -2.06. The molecular formula is C20H29N3O4. The maximum atomic E-state index is 12.0. The maximum absolute atomic E-state index is 12.0. The van der Waals surface area contributed by atoms with Crippen molar-refractivity contribution < 1.29 is 13.9 Å². The number of anilines is 1. The summed E-state index contributed by atoms with van der Waals surface area (Å²) in [6, 6.07) is 6.84. The van der Waals surface area contributed by atoms with Gasteiger partial charge < -0.3 is 14.5 Å². The smallest absolute Gasteiger partial charge is 0.444 e. The highest BCUT2D eigenvalue weighted by molar-refractivity contribution is 5.90. The van der Waals surface area contributed by atoms with Gasteiger partial charge in [0, 0.05) is 12.1 Å². The van der Waals surface area contributed by atoms with Crippen LogP contribution in [0.25, 0.3) is 5.69 Å². The minimum atomic E-state index is -0.627. The molecule has 1 heterocycles. The van der Waals surface area contributed by atoms with E-state index in [4.69, 9.17) is 9.15 Å². The summed E-state index contributed by atoms with van der Waals surface area (Å²) in [5.41, 5.74) is 1.22. The molecule has 0 radical (unpaired) electrons. The number of aromatic nitrogens is 2. The Balaban J connectivity index is 1.72. The molecule has 0 spiro atoms. The van der Waals surface area contributed by atoms with E-state index in [1.165, 1.54) is 45.6 Å². The van der Waals surface area contributed by atoms with Crippen molar-refractivity contribution in [2.24, 2.45) is 0 Å². The van der Waals surface area contributed by atoms with Gasteiger partial charge in [0.2, 0.25) is 5.91 Å². The van der Waals surface area contributed by atoms with Gasteiger partial charge in [-0.05, 0) is 30.7 Å². The molecule has 0 aliphatic heterocycles. The van der Waals surface area contributed by atoms with E-state index in [9.17, 15) is 9.59 Å². The number of methoxy groups -OCH3 is 1. The molecule has 0 saturated carbocycles. The molecule has 2 aromatic rings. The van der Waals surface area contributed by atoms with Crippen LogP contribution in [0.1, 0.15) is 64.7 Å². The zero-order valence-electron chi connectivity index (χ0n) is 16.2. The number of nitrogens with one attached hydrogen (secondary N) is 1. The lowest BCUT2D eigenvalue weighted by atomic mass is 10.1. The average molecular weight is 375 g/mol. The molecule has 0 saturated heterocycles. The molecular weight excluding hydrogens is 346 g/mol. The van der Waals surface area contributed by atoms with E-state index < -0.39 is 5.76 Å². The van der Waals surface area contributed by atoms with E-state index in [1.807, 2.05) is 0 Å². The molecule has 0 aliphatic rings. The Morgan fingerprint density at radius 1 is 1.07 bits per heavy atom. The van der Waals surface area contributed by atoms with Gasteiger partial charge >= 0.3 is 11.8 Å². The van der Waals surface area contributed by atoms with Crippen molar-refractivity contribution in [3.63, 3.8) is 0 Å². The molecule has 0 bridgehead atoms. The number of benzene rings is 1. The fourth-order valence-electron chi connectivity index (χ4n) is 2.84. The topological polar surface area (TPSA) is 86.4 Å². The van der Waals surface area contributed by atoms with Crippen LogP contribution in [0.5, 0.6) is 6.08 Å². The number of nitrogens with zero attached hydrogens (tertiary/aromatic N) is 2. The van der Waals surface area contributed by atoms with Gasteiger partial charge in [-0.2, -0.15) is 4.68 Å². The summed E-state index contributed by atoms with van der Waals surface area (Å²) in [5.74, 6) is -0.618. The third-order valence-corrected chi connectivity index (χ3v) is 4.36. The minimum absolute atomic E-state index is 0.00834. The molecule has 1 N–H and O–H groups in total. The Hall–Kier alpha value is -2.57. The van der Waals surface area contributed by atoms with E-state index in [1.54, 1.807) is 24.3 Å². The highest BCUT2D eigenvalue weighted by atomic mass is 16.6. The lowest BCUT2D eigenvalue weighted by molar-refractivity contribution is -0.116. The Kier molecular flexibility index (Phi) is 8.61. The van der Waals surface area contributed by atoms with Crippen LogP contribution in [0.2, 0.25) is 0 Å². The fourth-order valence-corrected chi connectivity index (χ4v) is 2.84. The fraction of sp³-hybridized carbons (Fsp3) is 0.550. The predicted octanol–water partition coefficient (Wildman–Crippen LogP) is 4.30. The molecule has 1 aromatic heterocycles. The third kappa shape index (κ3) is 6.92. The van der Waals surface area contributed by atoms with Crippen LogP contribution in [-0.2, 0) is 4.79 Å². The summed E-state index contributed by atoms with van der Waals surface area (Å²) in [6.07, 6.45) is 10.1. The molecule has 0 fully saturated rings. The average Bonchev–Trinajstić information content (AvgIpc) is 3.05. The molecule has 0 aliphatic carbocycles. The van der Waals surface area contributed by atoms with Crippen molar-refractivity contribution in [3.05, 3.63) is 34.8 Å². The predicted molar refractivity (Wildman–Crippen MR) is 105 cm³/mol. The number of hydrogen-bond acceptors (Lipinski definition) is 5. The van der Waals surface area contributed by atoms with E-state index >= 15 is 0 Å².